The molecule has 1 aliphatic heterocycles. The Kier molecular flexibility index (Phi) is 4.04. The molecule has 2 fully saturated rings. The number of rotatable bonds is 4. The molecule has 1 saturated heterocycles. The molecule has 0 aromatic carbocycles. The maximum atomic E-state index is 5.82. The second-order valence-corrected chi connectivity index (χ2v) is 5.32. The topological polar surface area (TPSA) is 29.3 Å². The van der Waals surface area contributed by atoms with Gasteiger partial charge >= 0.3 is 0 Å². The van der Waals surface area contributed by atoms with Crippen molar-refractivity contribution in [2.24, 2.45) is 11.7 Å². The van der Waals surface area contributed by atoms with Crippen LogP contribution in [0.4, 0.5) is 0 Å². The fourth-order valence-corrected chi connectivity index (χ4v) is 3.37. The predicted octanol–water partition coefficient (Wildman–Crippen LogP) is 2.38. The van der Waals surface area contributed by atoms with Crippen molar-refractivity contribution in [3.8, 4) is 0 Å². The van der Waals surface area contributed by atoms with Gasteiger partial charge in [0.2, 0.25) is 0 Å². The van der Waals surface area contributed by atoms with Gasteiger partial charge in [-0.1, -0.05) is 19.8 Å². The number of hydrogen-bond donors (Lipinski definition) is 1. The van der Waals surface area contributed by atoms with Gasteiger partial charge < -0.3 is 5.73 Å². The minimum Gasteiger partial charge on any atom is -0.330 e. The normalized spacial score (nSPS) is 37.6. The summed E-state index contributed by atoms with van der Waals surface area (Å²) in [6.45, 7) is 4.56. The Hall–Kier alpha value is -0.0800. The molecule has 0 amide bonds. The molecular weight excluding hydrogens is 184 g/mol. The molecule has 3 unspecified atom stereocenters. The van der Waals surface area contributed by atoms with E-state index >= 15 is 0 Å². The van der Waals surface area contributed by atoms with E-state index in [1.165, 1.54) is 51.5 Å². The average Bonchev–Trinajstić information content (AvgIpc) is 2.20. The number of nitrogens with two attached hydrogens (primary N) is 1. The first-order valence-corrected chi connectivity index (χ1v) is 6.82. The Morgan fingerprint density at radius 2 is 2.07 bits per heavy atom. The van der Waals surface area contributed by atoms with E-state index in [0.29, 0.717) is 0 Å². The molecule has 88 valence electrons. The van der Waals surface area contributed by atoms with Crippen molar-refractivity contribution < 1.29 is 0 Å². The van der Waals surface area contributed by atoms with Crippen molar-refractivity contribution in [3.63, 3.8) is 0 Å². The lowest BCUT2D eigenvalue weighted by atomic mass is 9.76. The van der Waals surface area contributed by atoms with Gasteiger partial charge in [0.1, 0.15) is 0 Å². The van der Waals surface area contributed by atoms with Gasteiger partial charge in [-0.15, -0.1) is 0 Å². The summed E-state index contributed by atoms with van der Waals surface area (Å²) in [6, 6.07) is 1.72. The maximum Gasteiger partial charge on any atom is 0.0139 e. The third-order valence-corrected chi connectivity index (χ3v) is 4.40. The van der Waals surface area contributed by atoms with E-state index in [9.17, 15) is 0 Å². The molecule has 15 heavy (non-hydrogen) atoms. The van der Waals surface area contributed by atoms with Crippen molar-refractivity contribution in [2.75, 3.05) is 13.1 Å². The molecule has 3 atom stereocenters. The summed E-state index contributed by atoms with van der Waals surface area (Å²) in [6.07, 6.45) is 9.80. The van der Waals surface area contributed by atoms with E-state index in [-0.39, 0.29) is 0 Å². The molecule has 0 aromatic heterocycles. The number of hydrogen-bond acceptors (Lipinski definition) is 2. The Labute approximate surface area is 94.2 Å². The minimum atomic E-state index is 0.808. The smallest absolute Gasteiger partial charge is 0.0139 e. The van der Waals surface area contributed by atoms with Crippen molar-refractivity contribution >= 4 is 0 Å². The van der Waals surface area contributed by atoms with Gasteiger partial charge in [-0.25, -0.2) is 0 Å². The number of piperidine rings is 1. The first-order chi connectivity index (χ1) is 7.36. The van der Waals surface area contributed by atoms with Crippen LogP contribution < -0.4 is 5.73 Å². The highest BCUT2D eigenvalue weighted by molar-refractivity contribution is 4.93. The molecular formula is C13H26N2. The van der Waals surface area contributed by atoms with Crippen LogP contribution in [0.2, 0.25) is 0 Å². The number of nitrogens with zero attached hydrogens (tertiary/aromatic N) is 1. The van der Waals surface area contributed by atoms with Crippen molar-refractivity contribution in [3.05, 3.63) is 0 Å². The summed E-state index contributed by atoms with van der Waals surface area (Å²) < 4.78 is 0. The van der Waals surface area contributed by atoms with Crippen LogP contribution in [0, 0.1) is 5.92 Å². The Bertz CT molecular complexity index is 187. The van der Waals surface area contributed by atoms with Gasteiger partial charge in [0.15, 0.2) is 0 Å². The highest BCUT2D eigenvalue weighted by Crippen LogP contribution is 2.36. The summed E-state index contributed by atoms with van der Waals surface area (Å²) in [5.41, 5.74) is 5.82. The van der Waals surface area contributed by atoms with Gasteiger partial charge in [-0.2, -0.15) is 0 Å². The summed E-state index contributed by atoms with van der Waals surface area (Å²) in [5.74, 6) is 0.808. The summed E-state index contributed by atoms with van der Waals surface area (Å²) in [5, 5.41) is 0. The fraction of sp³-hybridized carbons (Fsp3) is 1.00. The first-order valence-electron chi connectivity index (χ1n) is 6.82. The van der Waals surface area contributed by atoms with Crippen molar-refractivity contribution in [1.82, 2.24) is 4.90 Å². The molecule has 0 spiro atoms. The standard InChI is InChI=1S/C13H26N2/c1-2-5-12-6-3-4-9-15(12)13-8-7-11(13)10-14/h11-13H,2-10,14H2,1H3. The summed E-state index contributed by atoms with van der Waals surface area (Å²) in [4.78, 5) is 2.80. The molecule has 0 bridgehead atoms. The van der Waals surface area contributed by atoms with Gasteiger partial charge in [0.05, 0.1) is 0 Å². The molecule has 2 aliphatic rings. The number of likely N-dealkylation sites (tertiary alicyclic amines) is 1. The van der Waals surface area contributed by atoms with E-state index in [1.54, 1.807) is 0 Å². The lowest BCUT2D eigenvalue weighted by molar-refractivity contribution is 0.00729. The average molecular weight is 210 g/mol. The van der Waals surface area contributed by atoms with Gasteiger partial charge in [0.25, 0.3) is 0 Å². The van der Waals surface area contributed by atoms with Crippen LogP contribution in [-0.2, 0) is 0 Å². The van der Waals surface area contributed by atoms with E-state index in [1.807, 2.05) is 0 Å². The van der Waals surface area contributed by atoms with E-state index < -0.39 is 0 Å². The molecule has 2 heteroatoms. The lowest BCUT2D eigenvalue weighted by Gasteiger charge is -2.49. The summed E-state index contributed by atoms with van der Waals surface area (Å²) >= 11 is 0. The Morgan fingerprint density at radius 3 is 2.67 bits per heavy atom. The second kappa shape index (κ2) is 5.31. The van der Waals surface area contributed by atoms with Gasteiger partial charge in [-0.05, 0) is 51.1 Å². The first kappa shape index (κ1) is 11.4. The monoisotopic (exact) mass is 210 g/mol. The fourth-order valence-electron chi connectivity index (χ4n) is 3.37. The highest BCUT2D eigenvalue weighted by atomic mass is 15.2. The van der Waals surface area contributed by atoms with Crippen LogP contribution in [0.25, 0.3) is 0 Å². The molecule has 2 N–H and O–H groups in total. The zero-order valence-corrected chi connectivity index (χ0v) is 10.1. The molecule has 1 saturated carbocycles. The van der Waals surface area contributed by atoms with E-state index in [4.69, 9.17) is 5.73 Å². The van der Waals surface area contributed by atoms with Crippen LogP contribution in [0.15, 0.2) is 0 Å². The third kappa shape index (κ3) is 2.36. The van der Waals surface area contributed by atoms with Gasteiger partial charge in [-0.3, -0.25) is 4.90 Å². The van der Waals surface area contributed by atoms with Crippen LogP contribution in [0.3, 0.4) is 0 Å². The Balaban J connectivity index is 1.92. The second-order valence-electron chi connectivity index (χ2n) is 5.32. The molecule has 0 radical (unpaired) electrons. The zero-order chi connectivity index (χ0) is 10.7. The van der Waals surface area contributed by atoms with Crippen LogP contribution in [0.1, 0.15) is 51.9 Å². The molecule has 2 rings (SSSR count). The minimum absolute atomic E-state index is 0.808. The van der Waals surface area contributed by atoms with E-state index in [0.717, 1.165) is 24.5 Å². The van der Waals surface area contributed by atoms with E-state index in [2.05, 4.69) is 11.8 Å². The van der Waals surface area contributed by atoms with Gasteiger partial charge in [0, 0.05) is 12.1 Å². The largest absolute Gasteiger partial charge is 0.330 e. The zero-order valence-electron chi connectivity index (χ0n) is 10.1. The predicted molar refractivity (Wildman–Crippen MR) is 64.8 cm³/mol. The van der Waals surface area contributed by atoms with Crippen LogP contribution in [-0.4, -0.2) is 30.1 Å². The Morgan fingerprint density at radius 1 is 1.20 bits per heavy atom. The van der Waals surface area contributed by atoms with Crippen LogP contribution in [0.5, 0.6) is 0 Å². The molecule has 1 heterocycles. The van der Waals surface area contributed by atoms with Crippen molar-refractivity contribution in [1.29, 1.82) is 0 Å². The quantitative estimate of drug-likeness (QED) is 0.772. The molecule has 2 nitrogen and oxygen atoms in total. The third-order valence-electron chi connectivity index (χ3n) is 4.40. The SMILES string of the molecule is CCCC1CCCCN1C1CCC1CN. The van der Waals surface area contributed by atoms with Crippen molar-refractivity contribution in [2.45, 2.75) is 64.0 Å². The maximum absolute atomic E-state index is 5.82. The highest BCUT2D eigenvalue weighted by Gasteiger charge is 2.38. The molecule has 0 aromatic rings. The van der Waals surface area contributed by atoms with Crippen LogP contribution >= 0.6 is 0 Å². The molecule has 1 aliphatic carbocycles. The lowest BCUT2D eigenvalue weighted by Crippen LogP contribution is -2.55. The summed E-state index contributed by atoms with van der Waals surface area (Å²) in [7, 11) is 0.